The van der Waals surface area contributed by atoms with Crippen molar-refractivity contribution in [1.82, 2.24) is 5.32 Å². The molecule has 0 spiro atoms. The number of nitrogens with one attached hydrogen (secondary N) is 1. The summed E-state index contributed by atoms with van der Waals surface area (Å²) in [5.41, 5.74) is 1.48. The summed E-state index contributed by atoms with van der Waals surface area (Å²) < 4.78 is 13.9. The average molecular weight is 301 g/mol. The van der Waals surface area contributed by atoms with Crippen LogP contribution in [0.15, 0.2) is 48.5 Å². The quantitative estimate of drug-likeness (QED) is 0.857. The van der Waals surface area contributed by atoms with Gasteiger partial charge in [0.1, 0.15) is 5.82 Å². The summed E-state index contributed by atoms with van der Waals surface area (Å²) in [4.78, 5) is 10.9. The first-order valence-corrected chi connectivity index (χ1v) is 7.18. The highest BCUT2D eigenvalue weighted by Crippen LogP contribution is 2.24. The summed E-state index contributed by atoms with van der Waals surface area (Å²) in [7, 11) is 0. The van der Waals surface area contributed by atoms with Crippen LogP contribution in [0.25, 0.3) is 0 Å². The first kappa shape index (κ1) is 16.2. The van der Waals surface area contributed by atoms with E-state index in [1.807, 2.05) is 26.0 Å². The number of hydrogen-bond acceptors (Lipinski definition) is 2. The zero-order chi connectivity index (χ0) is 16.2. The van der Waals surface area contributed by atoms with Gasteiger partial charge in [0.05, 0.1) is 5.56 Å². The van der Waals surface area contributed by atoms with E-state index in [9.17, 15) is 9.18 Å². The Morgan fingerprint density at radius 3 is 2.59 bits per heavy atom. The number of rotatable bonds is 6. The number of halogens is 1. The smallest absolute Gasteiger partial charge is 0.335 e. The lowest BCUT2D eigenvalue weighted by molar-refractivity contribution is 0.0696. The molecule has 0 bridgehead atoms. The molecule has 0 saturated heterocycles. The van der Waals surface area contributed by atoms with Crippen molar-refractivity contribution in [2.75, 3.05) is 6.54 Å². The molecule has 0 saturated carbocycles. The van der Waals surface area contributed by atoms with Crippen LogP contribution in [0.1, 0.15) is 35.3 Å². The molecule has 0 unspecified atom stereocenters. The van der Waals surface area contributed by atoms with E-state index in [1.54, 1.807) is 30.3 Å². The number of benzene rings is 2. The van der Waals surface area contributed by atoms with Gasteiger partial charge in [-0.25, -0.2) is 9.18 Å². The predicted molar refractivity (Wildman–Crippen MR) is 84.5 cm³/mol. The zero-order valence-corrected chi connectivity index (χ0v) is 12.8. The fourth-order valence-electron chi connectivity index (χ4n) is 2.44. The van der Waals surface area contributed by atoms with E-state index in [2.05, 4.69) is 5.32 Å². The lowest BCUT2D eigenvalue weighted by atomic mass is 9.84. The standard InChI is InChI=1S/C18H20FNO2/c1-18(2,15-8-3-4-9-16(15)19)12-20-11-13-6-5-7-14(10-13)17(21)22/h3-10,20H,11-12H2,1-2H3,(H,21,22). The van der Waals surface area contributed by atoms with E-state index in [-0.39, 0.29) is 16.8 Å². The Bertz CT molecular complexity index is 668. The minimum atomic E-state index is -0.937. The van der Waals surface area contributed by atoms with Crippen LogP contribution in [0.4, 0.5) is 4.39 Å². The van der Waals surface area contributed by atoms with Crippen molar-refractivity contribution >= 4 is 5.97 Å². The summed E-state index contributed by atoms with van der Waals surface area (Å²) >= 11 is 0. The summed E-state index contributed by atoms with van der Waals surface area (Å²) in [6, 6.07) is 13.6. The summed E-state index contributed by atoms with van der Waals surface area (Å²) in [5, 5.41) is 12.3. The van der Waals surface area contributed by atoms with E-state index >= 15 is 0 Å². The van der Waals surface area contributed by atoms with Crippen molar-refractivity contribution < 1.29 is 14.3 Å². The van der Waals surface area contributed by atoms with Gasteiger partial charge in [0.25, 0.3) is 0 Å². The van der Waals surface area contributed by atoms with E-state index < -0.39 is 5.97 Å². The summed E-state index contributed by atoms with van der Waals surface area (Å²) in [6.07, 6.45) is 0. The van der Waals surface area contributed by atoms with Crippen LogP contribution in [0.2, 0.25) is 0 Å². The Labute approximate surface area is 129 Å². The molecule has 2 N–H and O–H groups in total. The first-order chi connectivity index (χ1) is 10.4. The van der Waals surface area contributed by atoms with Gasteiger partial charge < -0.3 is 10.4 Å². The van der Waals surface area contributed by atoms with Gasteiger partial charge >= 0.3 is 5.97 Å². The van der Waals surface area contributed by atoms with Gasteiger partial charge in [0, 0.05) is 18.5 Å². The van der Waals surface area contributed by atoms with Crippen LogP contribution in [-0.2, 0) is 12.0 Å². The van der Waals surface area contributed by atoms with E-state index in [1.165, 1.54) is 6.07 Å². The maximum atomic E-state index is 13.9. The average Bonchev–Trinajstić information content (AvgIpc) is 2.47. The van der Waals surface area contributed by atoms with Crippen molar-refractivity contribution in [3.05, 3.63) is 71.0 Å². The van der Waals surface area contributed by atoms with E-state index in [0.717, 1.165) is 5.56 Å². The van der Waals surface area contributed by atoms with Crippen LogP contribution in [-0.4, -0.2) is 17.6 Å². The van der Waals surface area contributed by atoms with E-state index in [4.69, 9.17) is 5.11 Å². The number of carbonyl (C=O) groups is 1. The maximum Gasteiger partial charge on any atom is 0.335 e. The highest BCUT2D eigenvalue weighted by Gasteiger charge is 2.23. The molecule has 0 aliphatic rings. The van der Waals surface area contributed by atoms with Gasteiger partial charge in [-0.2, -0.15) is 0 Å². The Balaban J connectivity index is 2.00. The van der Waals surface area contributed by atoms with Crippen molar-refractivity contribution in [3.8, 4) is 0 Å². The number of aromatic carboxylic acids is 1. The van der Waals surface area contributed by atoms with Crippen LogP contribution in [0, 0.1) is 5.82 Å². The van der Waals surface area contributed by atoms with Gasteiger partial charge in [0.2, 0.25) is 0 Å². The molecule has 0 atom stereocenters. The second-order valence-electron chi connectivity index (χ2n) is 5.97. The third kappa shape index (κ3) is 3.92. The number of carboxylic acids is 1. The molecule has 2 aromatic carbocycles. The second-order valence-corrected chi connectivity index (χ2v) is 5.97. The Hall–Kier alpha value is -2.20. The fourth-order valence-corrected chi connectivity index (χ4v) is 2.44. The lowest BCUT2D eigenvalue weighted by Crippen LogP contribution is -2.33. The topological polar surface area (TPSA) is 49.3 Å². The lowest BCUT2D eigenvalue weighted by Gasteiger charge is -2.26. The highest BCUT2D eigenvalue weighted by molar-refractivity contribution is 5.87. The van der Waals surface area contributed by atoms with Crippen molar-refractivity contribution in [2.45, 2.75) is 25.8 Å². The molecule has 0 aliphatic heterocycles. The fraction of sp³-hybridized carbons (Fsp3) is 0.278. The molecule has 0 aromatic heterocycles. The minimum absolute atomic E-state index is 0.206. The second kappa shape index (κ2) is 6.71. The molecule has 2 aromatic rings. The summed E-state index contributed by atoms with van der Waals surface area (Å²) in [6.45, 7) is 5.09. The molecule has 0 fully saturated rings. The van der Waals surface area contributed by atoms with Crippen LogP contribution in [0.3, 0.4) is 0 Å². The first-order valence-electron chi connectivity index (χ1n) is 7.18. The van der Waals surface area contributed by atoms with Crippen LogP contribution in [0.5, 0.6) is 0 Å². The van der Waals surface area contributed by atoms with Gasteiger partial charge in [0.15, 0.2) is 0 Å². The number of hydrogen-bond donors (Lipinski definition) is 2. The number of carboxylic acid groups (broad SMARTS) is 1. The zero-order valence-electron chi connectivity index (χ0n) is 12.8. The minimum Gasteiger partial charge on any atom is -0.478 e. The third-order valence-electron chi connectivity index (χ3n) is 3.67. The molecular weight excluding hydrogens is 281 g/mol. The molecular formula is C18H20FNO2. The Morgan fingerprint density at radius 1 is 1.18 bits per heavy atom. The summed E-state index contributed by atoms with van der Waals surface area (Å²) in [5.74, 6) is -1.14. The molecule has 116 valence electrons. The van der Waals surface area contributed by atoms with Crippen molar-refractivity contribution in [3.63, 3.8) is 0 Å². The Morgan fingerprint density at radius 2 is 1.91 bits per heavy atom. The molecule has 0 amide bonds. The van der Waals surface area contributed by atoms with Gasteiger partial charge in [-0.1, -0.05) is 44.2 Å². The van der Waals surface area contributed by atoms with E-state index in [0.29, 0.717) is 18.7 Å². The molecule has 3 nitrogen and oxygen atoms in total. The van der Waals surface area contributed by atoms with Crippen LogP contribution >= 0.6 is 0 Å². The maximum absolute atomic E-state index is 13.9. The van der Waals surface area contributed by atoms with Gasteiger partial charge in [-0.3, -0.25) is 0 Å². The molecule has 0 heterocycles. The third-order valence-corrected chi connectivity index (χ3v) is 3.67. The van der Waals surface area contributed by atoms with Crippen LogP contribution < -0.4 is 5.32 Å². The predicted octanol–water partition coefficient (Wildman–Crippen LogP) is 3.59. The van der Waals surface area contributed by atoms with Gasteiger partial charge in [-0.05, 0) is 29.3 Å². The molecule has 0 aliphatic carbocycles. The Kier molecular flexibility index (Phi) is 4.93. The molecule has 22 heavy (non-hydrogen) atoms. The molecule has 2 rings (SSSR count). The van der Waals surface area contributed by atoms with Gasteiger partial charge in [-0.15, -0.1) is 0 Å². The largest absolute Gasteiger partial charge is 0.478 e. The normalized spacial score (nSPS) is 11.4. The van der Waals surface area contributed by atoms with Crippen molar-refractivity contribution in [2.24, 2.45) is 0 Å². The highest BCUT2D eigenvalue weighted by atomic mass is 19.1. The van der Waals surface area contributed by atoms with Crippen molar-refractivity contribution in [1.29, 1.82) is 0 Å². The molecule has 0 radical (unpaired) electrons. The molecule has 4 heteroatoms. The SMILES string of the molecule is CC(C)(CNCc1cccc(C(=O)O)c1)c1ccccc1F. The monoisotopic (exact) mass is 301 g/mol.